The number of benzene rings is 2. The van der Waals surface area contributed by atoms with Crippen LogP contribution in [0, 0.1) is 13.8 Å². The molecule has 2 heterocycles. The maximum atomic E-state index is 13.1. The summed E-state index contributed by atoms with van der Waals surface area (Å²) in [4.78, 5) is 28.5. The molecule has 35 heavy (non-hydrogen) atoms. The molecule has 7 nitrogen and oxygen atoms in total. The van der Waals surface area contributed by atoms with E-state index in [-0.39, 0.29) is 18.1 Å². The number of aryl methyl sites for hydroxylation is 2. The number of methoxy groups -OCH3 is 1. The number of nitrogens with zero attached hydrogens (tertiary/aromatic N) is 3. The Hall–Kier alpha value is -3.36. The largest absolute Gasteiger partial charge is 0.376 e. The standard InChI is InChI=1S/C24H28N4O2S.C3H4O/c1-15-9-10-17(23-26-16(2)27-31-23)13-20(15)25-14-22(29)28-12-11-18-19(24(3,4)30-5)7-6-8-21(18)28;1-2-3-4/h6-10,13,25H,11-12,14H2,1-5H3;2-3H,1H2. The number of nitrogens with one attached hydrogen (secondary N) is 1. The second-order valence-electron chi connectivity index (χ2n) is 8.71. The van der Waals surface area contributed by atoms with Crippen molar-refractivity contribution in [3.05, 3.63) is 71.6 Å². The van der Waals surface area contributed by atoms with Gasteiger partial charge in [0, 0.05) is 30.6 Å². The molecule has 0 atom stereocenters. The molecular formula is C27H32N4O3S. The van der Waals surface area contributed by atoms with Gasteiger partial charge in [0.2, 0.25) is 5.91 Å². The number of ether oxygens (including phenoxy) is 1. The fourth-order valence-electron chi connectivity index (χ4n) is 3.99. The third-order valence-electron chi connectivity index (χ3n) is 6.03. The van der Waals surface area contributed by atoms with Gasteiger partial charge in [0.25, 0.3) is 0 Å². The van der Waals surface area contributed by atoms with Crippen molar-refractivity contribution in [3.63, 3.8) is 0 Å². The average molecular weight is 493 g/mol. The summed E-state index contributed by atoms with van der Waals surface area (Å²) < 4.78 is 9.95. The Morgan fingerprint density at radius 2 is 2.03 bits per heavy atom. The molecule has 0 unspecified atom stereocenters. The number of allylic oxidation sites excluding steroid dienone is 1. The lowest BCUT2D eigenvalue weighted by Crippen LogP contribution is -2.34. The van der Waals surface area contributed by atoms with Crippen molar-refractivity contribution in [2.75, 3.05) is 30.4 Å². The second kappa shape index (κ2) is 11.4. The molecular weight excluding hydrogens is 460 g/mol. The van der Waals surface area contributed by atoms with E-state index in [4.69, 9.17) is 9.53 Å². The predicted octanol–water partition coefficient (Wildman–Crippen LogP) is 5.08. The fourth-order valence-corrected chi connectivity index (χ4v) is 4.66. The first-order valence-electron chi connectivity index (χ1n) is 11.4. The van der Waals surface area contributed by atoms with Crippen molar-refractivity contribution < 1.29 is 14.3 Å². The smallest absolute Gasteiger partial charge is 0.246 e. The minimum Gasteiger partial charge on any atom is -0.376 e. The summed E-state index contributed by atoms with van der Waals surface area (Å²) in [6, 6.07) is 12.3. The average Bonchev–Trinajstić information content (AvgIpc) is 3.49. The van der Waals surface area contributed by atoms with Gasteiger partial charge in [0.05, 0.1) is 12.1 Å². The Kier molecular flexibility index (Phi) is 8.53. The highest BCUT2D eigenvalue weighted by Crippen LogP contribution is 2.37. The van der Waals surface area contributed by atoms with Gasteiger partial charge >= 0.3 is 0 Å². The molecule has 3 aromatic rings. The summed E-state index contributed by atoms with van der Waals surface area (Å²) >= 11 is 1.39. The molecule has 0 saturated heterocycles. The van der Waals surface area contributed by atoms with Crippen molar-refractivity contribution in [3.8, 4) is 10.6 Å². The first-order chi connectivity index (χ1) is 16.7. The van der Waals surface area contributed by atoms with E-state index in [0.717, 1.165) is 45.3 Å². The third-order valence-corrected chi connectivity index (χ3v) is 6.88. The van der Waals surface area contributed by atoms with E-state index in [2.05, 4.69) is 41.2 Å². The summed E-state index contributed by atoms with van der Waals surface area (Å²) in [6.45, 7) is 12.1. The summed E-state index contributed by atoms with van der Waals surface area (Å²) in [6.07, 6.45) is 2.68. The Labute approximate surface area is 211 Å². The van der Waals surface area contributed by atoms with Gasteiger partial charge < -0.3 is 15.0 Å². The monoisotopic (exact) mass is 492 g/mol. The molecule has 1 N–H and O–H groups in total. The van der Waals surface area contributed by atoms with E-state index in [1.807, 2.05) is 49.1 Å². The number of amides is 1. The van der Waals surface area contributed by atoms with Crippen LogP contribution in [0.4, 0.5) is 11.4 Å². The van der Waals surface area contributed by atoms with E-state index in [9.17, 15) is 4.79 Å². The molecule has 8 heteroatoms. The highest BCUT2D eigenvalue weighted by atomic mass is 32.1. The molecule has 1 aromatic heterocycles. The maximum absolute atomic E-state index is 13.1. The van der Waals surface area contributed by atoms with Crippen LogP contribution in [0.1, 0.15) is 36.4 Å². The summed E-state index contributed by atoms with van der Waals surface area (Å²) in [5, 5.41) is 4.22. The van der Waals surface area contributed by atoms with Crippen LogP contribution in [0.2, 0.25) is 0 Å². The number of carbonyl (C=O) groups is 2. The summed E-state index contributed by atoms with van der Waals surface area (Å²) in [7, 11) is 1.72. The number of hydrogen-bond acceptors (Lipinski definition) is 7. The third kappa shape index (κ3) is 6.01. The second-order valence-corrected chi connectivity index (χ2v) is 9.47. The number of aldehydes is 1. The molecule has 0 aliphatic carbocycles. The molecule has 0 fully saturated rings. The molecule has 1 aliphatic rings. The normalized spacial score (nSPS) is 12.4. The number of anilines is 2. The molecule has 2 aromatic carbocycles. The van der Waals surface area contributed by atoms with Gasteiger partial charge in [-0.25, -0.2) is 4.98 Å². The lowest BCUT2D eigenvalue weighted by molar-refractivity contribution is -0.116. The van der Waals surface area contributed by atoms with Crippen LogP contribution in [0.25, 0.3) is 10.6 Å². The topological polar surface area (TPSA) is 84.4 Å². The van der Waals surface area contributed by atoms with Crippen LogP contribution < -0.4 is 10.2 Å². The quantitative estimate of drug-likeness (QED) is 0.366. The van der Waals surface area contributed by atoms with E-state index < -0.39 is 0 Å². The predicted molar refractivity (Wildman–Crippen MR) is 142 cm³/mol. The Balaban J connectivity index is 0.000000795. The molecule has 0 spiro atoms. The van der Waals surface area contributed by atoms with E-state index in [1.165, 1.54) is 23.2 Å². The van der Waals surface area contributed by atoms with Crippen molar-refractivity contribution in [2.45, 2.75) is 39.7 Å². The molecule has 1 amide bonds. The number of fused-ring (bicyclic) bond motifs is 1. The van der Waals surface area contributed by atoms with Crippen molar-refractivity contribution in [2.24, 2.45) is 0 Å². The van der Waals surface area contributed by atoms with Crippen LogP contribution in [0.15, 0.2) is 49.1 Å². The number of aromatic nitrogens is 2. The SMILES string of the molecule is C=CC=O.COC(C)(C)c1cccc2c1CCN2C(=O)CNc1cc(-c2nc(C)ns2)ccc1C. The van der Waals surface area contributed by atoms with E-state index in [0.29, 0.717) is 12.8 Å². The highest BCUT2D eigenvalue weighted by Gasteiger charge is 2.31. The number of rotatable bonds is 7. The van der Waals surface area contributed by atoms with Crippen LogP contribution in [-0.4, -0.2) is 41.8 Å². The highest BCUT2D eigenvalue weighted by molar-refractivity contribution is 7.09. The number of hydrogen-bond donors (Lipinski definition) is 1. The van der Waals surface area contributed by atoms with E-state index >= 15 is 0 Å². The molecule has 184 valence electrons. The molecule has 0 saturated carbocycles. The lowest BCUT2D eigenvalue weighted by atomic mass is 9.91. The zero-order chi connectivity index (χ0) is 25.6. The van der Waals surface area contributed by atoms with Gasteiger partial charge in [-0.05, 0) is 80.5 Å². The van der Waals surface area contributed by atoms with Crippen molar-refractivity contribution in [1.82, 2.24) is 9.36 Å². The Bertz CT molecular complexity index is 1210. The zero-order valence-electron chi connectivity index (χ0n) is 20.9. The first-order valence-corrected chi connectivity index (χ1v) is 12.2. The Morgan fingerprint density at radius 1 is 1.29 bits per heavy atom. The van der Waals surface area contributed by atoms with Crippen LogP contribution in [0.3, 0.4) is 0 Å². The van der Waals surface area contributed by atoms with Crippen LogP contribution in [-0.2, 0) is 26.3 Å². The van der Waals surface area contributed by atoms with Gasteiger partial charge in [-0.1, -0.05) is 30.8 Å². The molecule has 4 rings (SSSR count). The lowest BCUT2D eigenvalue weighted by Gasteiger charge is -2.26. The molecule has 1 aliphatic heterocycles. The van der Waals surface area contributed by atoms with Gasteiger partial charge in [-0.2, -0.15) is 4.37 Å². The van der Waals surface area contributed by atoms with Crippen molar-refractivity contribution >= 4 is 35.1 Å². The first kappa shape index (κ1) is 26.2. The molecule has 0 radical (unpaired) electrons. The van der Waals surface area contributed by atoms with Gasteiger partial charge in [0.15, 0.2) is 0 Å². The number of carbonyl (C=O) groups excluding carboxylic acids is 2. The van der Waals surface area contributed by atoms with E-state index in [1.54, 1.807) is 7.11 Å². The summed E-state index contributed by atoms with van der Waals surface area (Å²) in [5.41, 5.74) is 5.98. The van der Waals surface area contributed by atoms with Gasteiger partial charge in [0.1, 0.15) is 17.1 Å². The Morgan fingerprint density at radius 3 is 2.66 bits per heavy atom. The zero-order valence-corrected chi connectivity index (χ0v) is 21.7. The van der Waals surface area contributed by atoms with Gasteiger partial charge in [-0.3, -0.25) is 9.59 Å². The minimum absolute atomic E-state index is 0.0580. The van der Waals surface area contributed by atoms with Crippen molar-refractivity contribution in [1.29, 1.82) is 0 Å². The molecule has 0 bridgehead atoms. The summed E-state index contributed by atoms with van der Waals surface area (Å²) in [5.74, 6) is 0.830. The minimum atomic E-state index is -0.386. The maximum Gasteiger partial charge on any atom is 0.246 e. The van der Waals surface area contributed by atoms with Crippen LogP contribution >= 0.6 is 11.5 Å². The fraction of sp³-hybridized carbons (Fsp3) is 0.333. The van der Waals surface area contributed by atoms with Gasteiger partial charge in [-0.15, -0.1) is 0 Å². The van der Waals surface area contributed by atoms with Crippen LogP contribution in [0.5, 0.6) is 0 Å².